The van der Waals surface area contributed by atoms with Gasteiger partial charge in [0, 0.05) is 31.1 Å². The molecule has 2 aliphatic heterocycles. The van der Waals surface area contributed by atoms with Crippen LogP contribution in [0.4, 0.5) is 9.18 Å². The van der Waals surface area contributed by atoms with Gasteiger partial charge in [-0.25, -0.2) is 9.18 Å². The summed E-state index contributed by atoms with van der Waals surface area (Å²) < 4.78 is 18.5. The number of likely N-dealkylation sites (tertiary alicyclic amines) is 1. The van der Waals surface area contributed by atoms with Gasteiger partial charge in [-0.3, -0.25) is 14.8 Å². The zero-order chi connectivity index (χ0) is 22.9. The fraction of sp³-hybridized carbons (Fsp3) is 0.391. The third-order valence-corrected chi connectivity index (χ3v) is 6.79. The Bertz CT molecular complexity index is 1040. The highest BCUT2D eigenvalue weighted by Crippen LogP contribution is 2.50. The van der Waals surface area contributed by atoms with Gasteiger partial charge in [0.25, 0.3) is 5.91 Å². The van der Waals surface area contributed by atoms with Crippen LogP contribution in [0.25, 0.3) is 0 Å². The predicted octanol–water partition coefficient (Wildman–Crippen LogP) is 3.82. The maximum atomic E-state index is 13.6. The monoisotopic (exact) mass is 456 g/mol. The van der Waals surface area contributed by atoms with Crippen LogP contribution in [0.1, 0.15) is 36.8 Å². The molecule has 1 aromatic carbocycles. The number of hydrogen-bond donors (Lipinski definition) is 1. The zero-order valence-electron chi connectivity index (χ0n) is 18.2. The number of carbonyl (C=O) groups excluding carboxylic acids is 2. The highest BCUT2D eigenvalue weighted by molar-refractivity contribution is 8.14. The average Bonchev–Trinajstić information content (AvgIpc) is 3.14. The summed E-state index contributed by atoms with van der Waals surface area (Å²) >= 11 is 1.35. The SMILES string of the molecule is CC(C)(C)OC(=O)N1CC2CN=C(NC(=O)c3ccccc3)SC2(c2ccc(F)cn2)C1. The second-order valence-corrected chi connectivity index (χ2v) is 10.2. The van der Waals surface area contributed by atoms with Gasteiger partial charge < -0.3 is 15.0 Å². The molecule has 1 fully saturated rings. The minimum absolute atomic E-state index is 0.0599. The van der Waals surface area contributed by atoms with Crippen molar-refractivity contribution < 1.29 is 18.7 Å². The third kappa shape index (κ3) is 4.62. The first-order valence-corrected chi connectivity index (χ1v) is 11.2. The Morgan fingerprint density at radius 2 is 1.97 bits per heavy atom. The highest BCUT2D eigenvalue weighted by atomic mass is 32.2. The van der Waals surface area contributed by atoms with E-state index >= 15 is 0 Å². The minimum atomic E-state index is -0.675. The molecule has 7 nitrogen and oxygen atoms in total. The Hall–Kier alpha value is -2.94. The number of aromatic nitrogens is 1. The fourth-order valence-electron chi connectivity index (χ4n) is 3.87. The number of carbonyl (C=O) groups is 2. The van der Waals surface area contributed by atoms with Crippen molar-refractivity contribution in [3.8, 4) is 0 Å². The smallest absolute Gasteiger partial charge is 0.410 e. The Kier molecular flexibility index (Phi) is 5.94. The number of nitrogens with one attached hydrogen (secondary N) is 1. The quantitative estimate of drug-likeness (QED) is 0.743. The molecule has 3 heterocycles. The Balaban J connectivity index is 1.60. The number of hydrogen-bond acceptors (Lipinski definition) is 6. The summed E-state index contributed by atoms with van der Waals surface area (Å²) in [5, 5.41) is 3.32. The molecule has 168 valence electrons. The molecule has 1 N–H and O–H groups in total. The summed E-state index contributed by atoms with van der Waals surface area (Å²) in [6.07, 6.45) is 0.759. The number of ether oxygens (including phenoxy) is 1. The molecule has 1 saturated heterocycles. The first kappa shape index (κ1) is 22.3. The number of amidine groups is 1. The average molecular weight is 457 g/mol. The lowest BCUT2D eigenvalue weighted by Crippen LogP contribution is -2.43. The summed E-state index contributed by atoms with van der Waals surface area (Å²) in [7, 11) is 0. The van der Waals surface area contributed by atoms with Crippen LogP contribution < -0.4 is 5.32 Å². The van der Waals surface area contributed by atoms with Crippen molar-refractivity contribution in [3.63, 3.8) is 0 Å². The summed E-state index contributed by atoms with van der Waals surface area (Å²) in [5.41, 5.74) is 0.542. The molecule has 4 rings (SSSR count). The van der Waals surface area contributed by atoms with Crippen LogP contribution in [0, 0.1) is 11.7 Å². The molecule has 0 aliphatic carbocycles. The van der Waals surface area contributed by atoms with Crippen LogP contribution in [-0.4, -0.2) is 52.3 Å². The van der Waals surface area contributed by atoms with E-state index in [4.69, 9.17) is 4.74 Å². The van der Waals surface area contributed by atoms with Crippen molar-refractivity contribution in [3.05, 3.63) is 65.7 Å². The van der Waals surface area contributed by atoms with E-state index in [0.717, 1.165) is 0 Å². The van der Waals surface area contributed by atoms with Gasteiger partial charge in [-0.2, -0.15) is 0 Å². The molecule has 2 amide bonds. The first-order chi connectivity index (χ1) is 15.2. The predicted molar refractivity (Wildman–Crippen MR) is 121 cm³/mol. The highest BCUT2D eigenvalue weighted by Gasteiger charge is 2.54. The number of rotatable bonds is 2. The standard InChI is InChI=1S/C23H25FN4O3S/c1-22(2,3)31-21(30)28-13-16-11-26-20(27-19(29)15-7-5-4-6-8-15)32-23(16,14-28)18-10-9-17(24)12-25-18/h4-10,12,16H,11,13-14H2,1-3H3,(H,26,27,29). The summed E-state index contributed by atoms with van der Waals surface area (Å²) in [4.78, 5) is 36.0. The van der Waals surface area contributed by atoms with E-state index in [1.54, 1.807) is 35.2 Å². The van der Waals surface area contributed by atoms with Crippen LogP contribution in [0.2, 0.25) is 0 Å². The molecule has 0 spiro atoms. The largest absolute Gasteiger partial charge is 0.444 e. The van der Waals surface area contributed by atoms with Gasteiger partial charge in [0.1, 0.15) is 11.4 Å². The van der Waals surface area contributed by atoms with E-state index in [9.17, 15) is 14.0 Å². The topological polar surface area (TPSA) is 83.9 Å². The number of benzene rings is 1. The van der Waals surface area contributed by atoms with Gasteiger partial charge in [0.2, 0.25) is 0 Å². The zero-order valence-corrected chi connectivity index (χ0v) is 19.0. The van der Waals surface area contributed by atoms with Crippen LogP contribution in [-0.2, 0) is 9.48 Å². The van der Waals surface area contributed by atoms with Gasteiger partial charge in [0.15, 0.2) is 5.17 Å². The fourth-order valence-corrected chi connectivity index (χ4v) is 5.26. The maximum Gasteiger partial charge on any atom is 0.410 e. The van der Waals surface area contributed by atoms with Crippen molar-refractivity contribution in [2.75, 3.05) is 19.6 Å². The van der Waals surface area contributed by atoms with Crippen LogP contribution >= 0.6 is 11.8 Å². The lowest BCUT2D eigenvalue weighted by molar-refractivity contribution is 0.0286. The van der Waals surface area contributed by atoms with E-state index < -0.39 is 22.3 Å². The van der Waals surface area contributed by atoms with E-state index in [-0.39, 0.29) is 11.8 Å². The Morgan fingerprint density at radius 1 is 1.22 bits per heavy atom. The van der Waals surface area contributed by atoms with Gasteiger partial charge in [-0.15, -0.1) is 0 Å². The minimum Gasteiger partial charge on any atom is -0.444 e. The van der Waals surface area contributed by atoms with Crippen molar-refractivity contribution in [2.45, 2.75) is 31.1 Å². The molecular formula is C23H25FN4O3S. The van der Waals surface area contributed by atoms with E-state index in [1.807, 2.05) is 26.8 Å². The molecule has 9 heteroatoms. The normalized spacial score (nSPS) is 22.7. The number of pyridine rings is 1. The molecule has 0 bridgehead atoms. The Morgan fingerprint density at radius 3 is 2.62 bits per heavy atom. The van der Waals surface area contributed by atoms with E-state index in [0.29, 0.717) is 36.1 Å². The van der Waals surface area contributed by atoms with Crippen molar-refractivity contribution in [1.29, 1.82) is 0 Å². The number of halogens is 1. The van der Waals surface area contributed by atoms with Gasteiger partial charge >= 0.3 is 6.09 Å². The van der Waals surface area contributed by atoms with Crippen molar-refractivity contribution >= 4 is 28.9 Å². The molecule has 32 heavy (non-hydrogen) atoms. The maximum absolute atomic E-state index is 13.6. The van der Waals surface area contributed by atoms with Gasteiger partial charge in [-0.1, -0.05) is 30.0 Å². The molecule has 1 aromatic heterocycles. The Labute approximate surface area is 190 Å². The molecule has 2 atom stereocenters. The van der Waals surface area contributed by atoms with Crippen molar-refractivity contribution in [2.24, 2.45) is 10.9 Å². The molecule has 0 radical (unpaired) electrons. The van der Waals surface area contributed by atoms with Crippen LogP contribution in [0.3, 0.4) is 0 Å². The number of fused-ring (bicyclic) bond motifs is 1. The summed E-state index contributed by atoms with van der Waals surface area (Å²) in [6, 6.07) is 11.9. The summed E-state index contributed by atoms with van der Waals surface area (Å²) in [6.45, 7) is 6.61. The third-order valence-electron chi connectivity index (χ3n) is 5.33. The first-order valence-electron chi connectivity index (χ1n) is 10.4. The summed E-state index contributed by atoms with van der Waals surface area (Å²) in [5.74, 6) is -0.759. The van der Waals surface area contributed by atoms with Crippen LogP contribution in [0.15, 0.2) is 53.7 Å². The second-order valence-electron chi connectivity index (χ2n) is 8.88. The molecular weight excluding hydrogens is 431 g/mol. The number of thioether (sulfide) groups is 1. The van der Waals surface area contributed by atoms with Crippen molar-refractivity contribution in [1.82, 2.24) is 15.2 Å². The number of amides is 2. The molecule has 2 aliphatic rings. The van der Waals surface area contributed by atoms with E-state index in [2.05, 4.69) is 15.3 Å². The molecule has 2 unspecified atom stereocenters. The molecule has 0 saturated carbocycles. The van der Waals surface area contributed by atoms with E-state index in [1.165, 1.54) is 24.0 Å². The van der Waals surface area contributed by atoms with Gasteiger partial charge in [-0.05, 0) is 45.0 Å². The lowest BCUT2D eigenvalue weighted by atomic mass is 9.91. The second kappa shape index (κ2) is 8.54. The van der Waals surface area contributed by atoms with Crippen LogP contribution in [0.5, 0.6) is 0 Å². The number of nitrogens with zero attached hydrogens (tertiary/aromatic N) is 3. The molecule has 2 aromatic rings. The number of aliphatic imine (C=N–C) groups is 1. The lowest BCUT2D eigenvalue weighted by Gasteiger charge is -2.36. The van der Waals surface area contributed by atoms with Gasteiger partial charge in [0.05, 0.1) is 16.6 Å².